The molecule has 0 saturated carbocycles. The fourth-order valence-corrected chi connectivity index (χ4v) is 2.59. The number of aliphatic imine (C=N–C) groups is 1. The zero-order valence-electron chi connectivity index (χ0n) is 13.2. The second-order valence-corrected chi connectivity index (χ2v) is 5.66. The maximum Gasteiger partial charge on any atom is 0.314 e. The van der Waals surface area contributed by atoms with E-state index in [0.29, 0.717) is 36.4 Å². The molecule has 0 aromatic carbocycles. The van der Waals surface area contributed by atoms with Crippen molar-refractivity contribution in [2.24, 2.45) is 4.99 Å². The molecule has 0 aliphatic carbocycles. The van der Waals surface area contributed by atoms with E-state index in [1.54, 1.807) is 24.4 Å². The van der Waals surface area contributed by atoms with Gasteiger partial charge in [-0.05, 0) is 30.2 Å². The van der Waals surface area contributed by atoms with E-state index in [0.717, 1.165) is 12.0 Å². The zero-order valence-corrected chi connectivity index (χ0v) is 14.7. The number of aromatic nitrogens is 1. The maximum atomic E-state index is 11.5. The Balaban J connectivity index is 0.00000225. The molecule has 2 aromatic heterocycles. The lowest BCUT2D eigenvalue weighted by atomic mass is 10.2. The monoisotopic (exact) mass is 382 g/mol. The molecule has 0 fully saturated rings. The van der Waals surface area contributed by atoms with Gasteiger partial charge in [0.2, 0.25) is 5.84 Å². The number of nitro groups is 1. The molecular formula is C16H16Cl2N4O3. The van der Waals surface area contributed by atoms with Crippen LogP contribution in [0.5, 0.6) is 0 Å². The largest absolute Gasteiger partial charge is 0.465 e. The van der Waals surface area contributed by atoms with Crippen molar-refractivity contribution in [3.63, 3.8) is 0 Å². The van der Waals surface area contributed by atoms with Crippen LogP contribution in [0.1, 0.15) is 17.7 Å². The average molecular weight is 383 g/mol. The highest BCUT2D eigenvalue weighted by molar-refractivity contribution is 6.29. The molecule has 2 aromatic rings. The number of halogens is 2. The van der Waals surface area contributed by atoms with Gasteiger partial charge in [-0.3, -0.25) is 15.1 Å². The first-order chi connectivity index (χ1) is 11.6. The topological polar surface area (TPSA) is 84.8 Å². The summed E-state index contributed by atoms with van der Waals surface area (Å²) in [6.45, 7) is 1.73. The van der Waals surface area contributed by atoms with E-state index in [1.807, 2.05) is 11.0 Å². The number of hydrogen-bond donors (Lipinski definition) is 0. The summed E-state index contributed by atoms with van der Waals surface area (Å²) in [5.41, 5.74) is 0.835. The molecule has 0 atom stereocenters. The van der Waals surface area contributed by atoms with Crippen LogP contribution >= 0.6 is 24.0 Å². The van der Waals surface area contributed by atoms with Crippen molar-refractivity contribution in [2.45, 2.75) is 13.0 Å². The summed E-state index contributed by atoms with van der Waals surface area (Å²) < 4.78 is 5.19. The van der Waals surface area contributed by atoms with Gasteiger partial charge < -0.3 is 9.32 Å². The first-order valence-corrected chi connectivity index (χ1v) is 7.81. The standard InChI is InChI=1S/C16H15ClN4O3.ClH/c17-15-5-4-12(10-19-15)11-20-7-2-6-18-16(20)14(21(22)23)9-13-3-1-8-24-13;/h1,3-5,8-10H,2,6-7,11H2;1H/b14-9-;. The van der Waals surface area contributed by atoms with Crippen molar-refractivity contribution in [2.75, 3.05) is 13.1 Å². The quantitative estimate of drug-likeness (QED) is 0.447. The van der Waals surface area contributed by atoms with Gasteiger partial charge in [0, 0.05) is 25.8 Å². The molecule has 1 aliphatic rings. The maximum absolute atomic E-state index is 11.5. The van der Waals surface area contributed by atoms with E-state index < -0.39 is 4.92 Å². The minimum absolute atomic E-state index is 0. The highest BCUT2D eigenvalue weighted by Crippen LogP contribution is 2.18. The van der Waals surface area contributed by atoms with E-state index in [1.165, 1.54) is 12.3 Å². The zero-order chi connectivity index (χ0) is 16.9. The molecule has 25 heavy (non-hydrogen) atoms. The predicted octanol–water partition coefficient (Wildman–Crippen LogP) is 3.67. The van der Waals surface area contributed by atoms with Gasteiger partial charge in [0.05, 0.1) is 17.3 Å². The molecule has 9 heteroatoms. The molecule has 0 saturated heterocycles. The number of hydrogen-bond acceptors (Lipinski definition) is 6. The van der Waals surface area contributed by atoms with Crippen molar-refractivity contribution in [3.05, 3.63) is 69.0 Å². The molecule has 0 unspecified atom stereocenters. The summed E-state index contributed by atoms with van der Waals surface area (Å²) in [6, 6.07) is 6.90. The van der Waals surface area contributed by atoms with Crippen molar-refractivity contribution < 1.29 is 9.34 Å². The third kappa shape index (κ3) is 4.80. The molecule has 0 radical (unpaired) electrons. The number of pyridine rings is 1. The van der Waals surface area contributed by atoms with Crippen LogP contribution in [0.3, 0.4) is 0 Å². The highest BCUT2D eigenvalue weighted by Gasteiger charge is 2.28. The van der Waals surface area contributed by atoms with E-state index in [2.05, 4.69) is 9.98 Å². The van der Waals surface area contributed by atoms with Gasteiger partial charge in [-0.25, -0.2) is 4.98 Å². The van der Waals surface area contributed by atoms with Crippen molar-refractivity contribution in [3.8, 4) is 0 Å². The summed E-state index contributed by atoms with van der Waals surface area (Å²) in [6.07, 6.45) is 5.38. The molecule has 3 heterocycles. The Morgan fingerprint density at radius 3 is 2.92 bits per heavy atom. The second kappa shape index (κ2) is 8.64. The van der Waals surface area contributed by atoms with Crippen LogP contribution in [0.15, 0.2) is 51.8 Å². The Hall–Kier alpha value is -2.38. The summed E-state index contributed by atoms with van der Waals surface area (Å²) in [7, 11) is 0. The molecule has 3 rings (SSSR count). The van der Waals surface area contributed by atoms with Crippen LogP contribution in [0, 0.1) is 10.1 Å². The smallest absolute Gasteiger partial charge is 0.314 e. The van der Waals surface area contributed by atoms with Crippen LogP contribution < -0.4 is 0 Å². The highest BCUT2D eigenvalue weighted by atomic mass is 35.5. The van der Waals surface area contributed by atoms with Gasteiger partial charge in [0.1, 0.15) is 10.9 Å². The Kier molecular flexibility index (Phi) is 6.55. The normalized spacial score (nSPS) is 14.7. The van der Waals surface area contributed by atoms with E-state index in [4.69, 9.17) is 16.0 Å². The van der Waals surface area contributed by atoms with Gasteiger partial charge in [-0.15, -0.1) is 12.4 Å². The SMILES string of the molecule is Cl.O=[N+]([O-])/C(=C\c1ccco1)C1=NCCCN1Cc1ccc(Cl)nc1. The summed E-state index contributed by atoms with van der Waals surface area (Å²) in [5.74, 6) is 0.778. The van der Waals surface area contributed by atoms with Crippen molar-refractivity contribution >= 4 is 35.9 Å². The molecule has 0 bridgehead atoms. The van der Waals surface area contributed by atoms with Crippen LogP contribution in [0.25, 0.3) is 6.08 Å². The number of amidine groups is 1. The molecule has 0 amide bonds. The Labute approximate surface area is 155 Å². The van der Waals surface area contributed by atoms with Crippen LogP contribution in [0.4, 0.5) is 0 Å². The average Bonchev–Trinajstić information content (AvgIpc) is 3.08. The van der Waals surface area contributed by atoms with E-state index >= 15 is 0 Å². The third-order valence-corrected chi connectivity index (χ3v) is 3.78. The van der Waals surface area contributed by atoms with Gasteiger partial charge in [0.25, 0.3) is 0 Å². The Bertz CT molecular complexity index is 773. The summed E-state index contributed by atoms with van der Waals surface area (Å²) >= 11 is 5.80. The van der Waals surface area contributed by atoms with Gasteiger partial charge in [-0.1, -0.05) is 17.7 Å². The minimum atomic E-state index is -0.431. The van der Waals surface area contributed by atoms with Crippen LogP contribution in [-0.4, -0.2) is 33.7 Å². The molecule has 132 valence electrons. The van der Waals surface area contributed by atoms with Crippen molar-refractivity contribution in [1.29, 1.82) is 0 Å². The molecule has 0 N–H and O–H groups in total. The van der Waals surface area contributed by atoms with Crippen LogP contribution in [0.2, 0.25) is 5.15 Å². The molecule has 0 spiro atoms. The van der Waals surface area contributed by atoms with E-state index in [-0.39, 0.29) is 18.1 Å². The van der Waals surface area contributed by atoms with Gasteiger partial charge >= 0.3 is 5.70 Å². The predicted molar refractivity (Wildman–Crippen MR) is 97.5 cm³/mol. The Morgan fingerprint density at radius 2 is 2.28 bits per heavy atom. The lowest BCUT2D eigenvalue weighted by molar-refractivity contribution is -0.414. The van der Waals surface area contributed by atoms with Crippen molar-refractivity contribution in [1.82, 2.24) is 9.88 Å². The molecular weight excluding hydrogens is 367 g/mol. The van der Waals surface area contributed by atoms with Crippen LogP contribution in [-0.2, 0) is 6.54 Å². The first-order valence-electron chi connectivity index (χ1n) is 7.43. The molecule has 1 aliphatic heterocycles. The van der Waals surface area contributed by atoms with E-state index in [9.17, 15) is 10.1 Å². The lowest BCUT2D eigenvalue weighted by Gasteiger charge is -2.27. The number of nitrogens with zero attached hydrogens (tertiary/aromatic N) is 4. The summed E-state index contributed by atoms with van der Waals surface area (Å²) in [4.78, 5) is 21.4. The third-order valence-electron chi connectivity index (χ3n) is 3.56. The second-order valence-electron chi connectivity index (χ2n) is 5.27. The van der Waals surface area contributed by atoms with Gasteiger partial charge in [-0.2, -0.15) is 0 Å². The first kappa shape index (κ1) is 19.0. The van der Waals surface area contributed by atoms with Gasteiger partial charge in [0.15, 0.2) is 0 Å². The minimum Gasteiger partial charge on any atom is -0.465 e. The number of rotatable bonds is 5. The fraction of sp³-hybridized carbons (Fsp3) is 0.250. The number of furan rings is 1. The molecule has 7 nitrogen and oxygen atoms in total. The summed E-state index contributed by atoms with van der Waals surface area (Å²) in [5, 5.41) is 11.9. The fourth-order valence-electron chi connectivity index (χ4n) is 2.48. The Morgan fingerprint density at radius 1 is 1.44 bits per heavy atom. The lowest BCUT2D eigenvalue weighted by Crippen LogP contribution is -2.38.